The Morgan fingerprint density at radius 3 is 2.55 bits per heavy atom. The summed E-state index contributed by atoms with van der Waals surface area (Å²) in [5.41, 5.74) is 4.36. The zero-order chi connectivity index (χ0) is 20.8. The molecule has 0 fully saturated rings. The summed E-state index contributed by atoms with van der Waals surface area (Å²) in [6, 6.07) is 16.4. The third-order valence-electron chi connectivity index (χ3n) is 4.84. The molecule has 29 heavy (non-hydrogen) atoms. The summed E-state index contributed by atoms with van der Waals surface area (Å²) in [5, 5.41) is 12.6. The second-order valence-corrected chi connectivity index (χ2v) is 8.28. The second-order valence-electron chi connectivity index (χ2n) is 7.34. The van der Waals surface area contributed by atoms with Crippen molar-refractivity contribution in [3.8, 4) is 0 Å². The lowest BCUT2D eigenvalue weighted by atomic mass is 9.98. The van der Waals surface area contributed by atoms with Crippen LogP contribution in [-0.4, -0.2) is 26.4 Å². The fourth-order valence-corrected chi connectivity index (χ4v) is 4.12. The average Bonchev–Trinajstić information content (AvgIpc) is 3.10. The Morgan fingerprint density at radius 2 is 1.86 bits per heavy atom. The van der Waals surface area contributed by atoms with E-state index < -0.39 is 0 Å². The highest BCUT2D eigenvalue weighted by atomic mass is 32.2. The second kappa shape index (κ2) is 9.74. The van der Waals surface area contributed by atoms with E-state index in [1.807, 2.05) is 37.3 Å². The molecule has 0 unspecified atom stereocenters. The van der Waals surface area contributed by atoms with Gasteiger partial charge >= 0.3 is 0 Å². The summed E-state index contributed by atoms with van der Waals surface area (Å²) in [6.07, 6.45) is 0.732. The van der Waals surface area contributed by atoms with Gasteiger partial charge < -0.3 is 9.88 Å². The minimum Gasteiger partial charge on any atom is -0.325 e. The first-order chi connectivity index (χ1) is 14.0. The maximum absolute atomic E-state index is 12.6. The monoisotopic (exact) mass is 408 g/mol. The number of thioether (sulfide) groups is 1. The van der Waals surface area contributed by atoms with E-state index >= 15 is 0 Å². The number of hydrogen-bond acceptors (Lipinski definition) is 4. The van der Waals surface area contributed by atoms with Crippen molar-refractivity contribution in [2.45, 2.75) is 51.7 Å². The summed E-state index contributed by atoms with van der Waals surface area (Å²) < 4.78 is 2.08. The minimum absolute atomic E-state index is 0.0264. The Morgan fingerprint density at radius 1 is 1.10 bits per heavy atom. The van der Waals surface area contributed by atoms with Gasteiger partial charge in [-0.2, -0.15) is 0 Å². The third-order valence-corrected chi connectivity index (χ3v) is 5.81. The maximum atomic E-state index is 12.6. The molecule has 0 saturated carbocycles. The van der Waals surface area contributed by atoms with Crippen molar-refractivity contribution in [3.05, 3.63) is 71.0 Å². The molecular formula is C23H28N4OS. The largest absolute Gasteiger partial charge is 0.325 e. The van der Waals surface area contributed by atoms with Crippen molar-refractivity contribution >= 4 is 23.4 Å². The van der Waals surface area contributed by atoms with Crippen LogP contribution in [0.15, 0.2) is 53.7 Å². The fraction of sp³-hybridized carbons (Fsp3) is 0.348. The smallest absolute Gasteiger partial charge is 0.234 e. The van der Waals surface area contributed by atoms with Crippen LogP contribution >= 0.6 is 11.8 Å². The molecule has 0 aliphatic heterocycles. The van der Waals surface area contributed by atoms with Crippen LogP contribution in [0.2, 0.25) is 0 Å². The molecule has 3 rings (SSSR count). The summed E-state index contributed by atoms with van der Waals surface area (Å²) in [7, 11) is 0. The number of nitrogens with one attached hydrogen (secondary N) is 1. The molecule has 0 aliphatic rings. The van der Waals surface area contributed by atoms with Crippen molar-refractivity contribution in [1.29, 1.82) is 0 Å². The van der Waals surface area contributed by atoms with E-state index in [9.17, 15) is 4.79 Å². The van der Waals surface area contributed by atoms with Crippen LogP contribution in [0.4, 0.5) is 5.69 Å². The van der Waals surface area contributed by atoms with E-state index in [1.54, 1.807) is 0 Å². The number of carbonyl (C=O) groups is 1. The van der Waals surface area contributed by atoms with Gasteiger partial charge in [0.05, 0.1) is 5.75 Å². The number of carbonyl (C=O) groups excluding carboxylic acids is 1. The van der Waals surface area contributed by atoms with Crippen molar-refractivity contribution in [3.63, 3.8) is 0 Å². The lowest BCUT2D eigenvalue weighted by Gasteiger charge is -2.16. The van der Waals surface area contributed by atoms with E-state index in [-0.39, 0.29) is 5.91 Å². The van der Waals surface area contributed by atoms with Crippen molar-refractivity contribution in [1.82, 2.24) is 14.8 Å². The van der Waals surface area contributed by atoms with E-state index in [4.69, 9.17) is 0 Å². The Kier molecular flexibility index (Phi) is 7.09. The number of nitrogens with zero attached hydrogens (tertiary/aromatic N) is 3. The quantitative estimate of drug-likeness (QED) is 0.530. The highest BCUT2D eigenvalue weighted by molar-refractivity contribution is 7.99. The van der Waals surface area contributed by atoms with Gasteiger partial charge in [-0.3, -0.25) is 4.79 Å². The first-order valence-corrected chi connectivity index (χ1v) is 11.0. The molecule has 2 aromatic carbocycles. The molecule has 1 aromatic heterocycles. The molecular weight excluding hydrogens is 380 g/mol. The number of para-hydroxylation sites is 1. The molecule has 0 spiro atoms. The highest BCUT2D eigenvalue weighted by Gasteiger charge is 2.16. The predicted molar refractivity (Wildman–Crippen MR) is 120 cm³/mol. The van der Waals surface area contributed by atoms with Crippen LogP contribution < -0.4 is 5.32 Å². The van der Waals surface area contributed by atoms with Crippen LogP contribution in [0.3, 0.4) is 0 Å². The van der Waals surface area contributed by atoms with Gasteiger partial charge in [-0.05, 0) is 36.5 Å². The Balaban J connectivity index is 1.67. The van der Waals surface area contributed by atoms with E-state index in [0.717, 1.165) is 40.8 Å². The predicted octanol–water partition coefficient (Wildman–Crippen LogP) is 5.05. The van der Waals surface area contributed by atoms with Gasteiger partial charge in [-0.1, -0.05) is 74.1 Å². The number of aryl methyl sites for hydroxylation is 1. The van der Waals surface area contributed by atoms with Gasteiger partial charge in [0.25, 0.3) is 0 Å². The van der Waals surface area contributed by atoms with Gasteiger partial charge in [0.2, 0.25) is 5.91 Å². The number of aromatic nitrogens is 3. The molecule has 0 atom stereocenters. The van der Waals surface area contributed by atoms with Gasteiger partial charge in [-0.15, -0.1) is 10.2 Å². The van der Waals surface area contributed by atoms with Crippen molar-refractivity contribution in [2.24, 2.45) is 0 Å². The minimum atomic E-state index is -0.0264. The molecule has 1 amide bonds. The van der Waals surface area contributed by atoms with Gasteiger partial charge in [0, 0.05) is 18.7 Å². The lowest BCUT2D eigenvalue weighted by Crippen LogP contribution is -2.17. The van der Waals surface area contributed by atoms with Crippen LogP contribution in [0, 0.1) is 6.92 Å². The number of anilines is 1. The molecule has 1 N–H and O–H groups in total. The third kappa shape index (κ3) is 5.26. The first-order valence-electron chi connectivity index (χ1n) is 9.97. The van der Waals surface area contributed by atoms with Gasteiger partial charge in [0.15, 0.2) is 5.16 Å². The molecule has 0 bridgehead atoms. The van der Waals surface area contributed by atoms with E-state index in [1.165, 1.54) is 17.3 Å². The molecule has 0 saturated heterocycles. The standard InChI is InChI=1S/C23H28N4OS/c1-5-27-20(14-18-11-7-6-8-12-18)25-26-23(27)29-15-21(28)24-22-17(4)10-9-13-19(22)16(2)3/h6-13,16H,5,14-15H2,1-4H3,(H,24,28). The van der Waals surface area contributed by atoms with Crippen LogP contribution in [-0.2, 0) is 17.8 Å². The van der Waals surface area contributed by atoms with Gasteiger partial charge in [-0.25, -0.2) is 0 Å². The lowest BCUT2D eigenvalue weighted by molar-refractivity contribution is -0.113. The Bertz CT molecular complexity index is 966. The SMILES string of the molecule is CCn1c(Cc2ccccc2)nnc1SCC(=O)Nc1c(C)cccc1C(C)C. The summed E-state index contributed by atoms with van der Waals surface area (Å²) in [4.78, 5) is 12.6. The number of amides is 1. The number of benzene rings is 2. The molecule has 5 nitrogen and oxygen atoms in total. The van der Waals surface area contributed by atoms with Gasteiger partial charge in [0.1, 0.15) is 5.82 Å². The molecule has 1 heterocycles. The molecule has 3 aromatic rings. The molecule has 0 radical (unpaired) electrons. The van der Waals surface area contributed by atoms with Crippen LogP contribution in [0.5, 0.6) is 0 Å². The average molecular weight is 409 g/mol. The summed E-state index contributed by atoms with van der Waals surface area (Å²) in [6.45, 7) is 9.14. The zero-order valence-corrected chi connectivity index (χ0v) is 18.3. The molecule has 6 heteroatoms. The topological polar surface area (TPSA) is 59.8 Å². The van der Waals surface area contributed by atoms with Crippen molar-refractivity contribution in [2.75, 3.05) is 11.1 Å². The zero-order valence-electron chi connectivity index (χ0n) is 17.5. The number of rotatable bonds is 8. The Labute approximate surface area is 176 Å². The van der Waals surface area contributed by atoms with Crippen LogP contribution in [0.1, 0.15) is 49.2 Å². The van der Waals surface area contributed by atoms with E-state index in [2.05, 4.69) is 59.1 Å². The summed E-state index contributed by atoms with van der Waals surface area (Å²) in [5.74, 6) is 1.54. The fourth-order valence-electron chi connectivity index (χ4n) is 3.30. The number of hydrogen-bond donors (Lipinski definition) is 1. The van der Waals surface area contributed by atoms with Crippen LogP contribution in [0.25, 0.3) is 0 Å². The molecule has 152 valence electrons. The normalized spacial score (nSPS) is 11.1. The Hall–Kier alpha value is -2.60. The highest BCUT2D eigenvalue weighted by Crippen LogP contribution is 2.28. The first kappa shape index (κ1) is 21.1. The maximum Gasteiger partial charge on any atom is 0.234 e. The molecule has 0 aliphatic carbocycles. The summed E-state index contributed by atoms with van der Waals surface area (Å²) >= 11 is 1.43. The van der Waals surface area contributed by atoms with Crippen molar-refractivity contribution < 1.29 is 4.79 Å². The van der Waals surface area contributed by atoms with E-state index in [0.29, 0.717) is 11.7 Å².